The van der Waals surface area contributed by atoms with Gasteiger partial charge in [0.05, 0.1) is 37.3 Å². The molecule has 3 aromatic rings. The van der Waals surface area contributed by atoms with Gasteiger partial charge < -0.3 is 9.47 Å². The molecule has 0 heterocycles. The monoisotopic (exact) mass is 580 g/mol. The molecule has 0 bridgehead atoms. The van der Waals surface area contributed by atoms with Crippen molar-refractivity contribution in [3.63, 3.8) is 0 Å². The molecule has 162 valence electrons. The number of nitriles is 1. The fourth-order valence-electron chi connectivity index (χ4n) is 2.86. The summed E-state index contributed by atoms with van der Waals surface area (Å²) in [6.45, 7) is 0.269. The molecular weight excluding hydrogens is 566 g/mol. The van der Waals surface area contributed by atoms with Crippen LogP contribution in [0.4, 0.5) is 5.69 Å². The number of rotatable bonds is 7. The molecule has 0 N–H and O–H groups in total. The fourth-order valence-corrected chi connectivity index (χ4v) is 3.96. The minimum atomic E-state index is -0.483. The van der Waals surface area contributed by atoms with Crippen molar-refractivity contribution in [1.29, 1.82) is 5.26 Å². The van der Waals surface area contributed by atoms with Gasteiger partial charge >= 0.3 is 0 Å². The van der Waals surface area contributed by atoms with Crippen molar-refractivity contribution < 1.29 is 14.4 Å². The van der Waals surface area contributed by atoms with Gasteiger partial charge in [0.2, 0.25) is 0 Å². The quantitative estimate of drug-likeness (QED) is 0.0973. The molecule has 32 heavy (non-hydrogen) atoms. The highest BCUT2D eigenvalue weighted by molar-refractivity contribution is 14.1. The molecule has 3 rings (SSSR count). The molecule has 0 saturated heterocycles. The highest BCUT2D eigenvalue weighted by Crippen LogP contribution is 2.36. The Labute approximate surface area is 208 Å². The number of ether oxygens (including phenoxy) is 2. The van der Waals surface area contributed by atoms with Gasteiger partial charge in [-0.3, -0.25) is 10.1 Å². The highest BCUT2D eigenvalue weighted by Gasteiger charge is 2.13. The highest BCUT2D eigenvalue weighted by atomic mass is 127. The second kappa shape index (κ2) is 10.7. The van der Waals surface area contributed by atoms with Gasteiger partial charge in [0.15, 0.2) is 11.5 Å². The average molecular weight is 581 g/mol. The van der Waals surface area contributed by atoms with Crippen LogP contribution >= 0.6 is 45.8 Å². The van der Waals surface area contributed by atoms with E-state index in [1.165, 1.54) is 19.2 Å². The van der Waals surface area contributed by atoms with Crippen molar-refractivity contribution >= 4 is 63.1 Å². The fraction of sp³-hybridized carbons (Fsp3) is 0.0870. The SMILES string of the molecule is COc1cc(/C=C(/C#N)c2ccc([N+](=O)[O-])cc2)cc(I)c1OCc1ccc(Cl)c(Cl)c1. The maximum Gasteiger partial charge on any atom is 0.269 e. The number of nitrogens with zero attached hydrogens (tertiary/aromatic N) is 2. The van der Waals surface area contributed by atoms with Crippen molar-refractivity contribution in [2.24, 2.45) is 0 Å². The summed E-state index contributed by atoms with van der Waals surface area (Å²) in [5.74, 6) is 1.06. The Bertz CT molecular complexity index is 1240. The van der Waals surface area contributed by atoms with E-state index in [0.29, 0.717) is 32.7 Å². The van der Waals surface area contributed by atoms with E-state index in [0.717, 1.165) is 14.7 Å². The molecule has 0 radical (unpaired) electrons. The summed E-state index contributed by atoms with van der Waals surface area (Å²) in [6.07, 6.45) is 1.69. The largest absolute Gasteiger partial charge is 0.493 e. The molecule has 0 aromatic heterocycles. The number of non-ortho nitro benzene ring substituents is 1. The summed E-state index contributed by atoms with van der Waals surface area (Å²) < 4.78 is 12.2. The van der Waals surface area contributed by atoms with E-state index in [1.54, 1.807) is 36.4 Å². The molecule has 0 amide bonds. The molecule has 6 nitrogen and oxygen atoms in total. The van der Waals surface area contributed by atoms with Crippen molar-refractivity contribution in [2.45, 2.75) is 6.61 Å². The Morgan fingerprint density at radius 3 is 2.47 bits per heavy atom. The van der Waals surface area contributed by atoms with Gasteiger partial charge in [0.1, 0.15) is 6.61 Å². The van der Waals surface area contributed by atoms with Crippen molar-refractivity contribution in [3.8, 4) is 17.6 Å². The number of hydrogen-bond acceptors (Lipinski definition) is 5. The number of nitro groups is 1. The van der Waals surface area contributed by atoms with Crippen LogP contribution in [0.5, 0.6) is 11.5 Å². The van der Waals surface area contributed by atoms with Crippen molar-refractivity contribution in [1.82, 2.24) is 0 Å². The van der Waals surface area contributed by atoms with Gasteiger partial charge in [-0.2, -0.15) is 5.26 Å². The lowest BCUT2D eigenvalue weighted by Crippen LogP contribution is -2.00. The van der Waals surface area contributed by atoms with Crippen LogP contribution in [0.15, 0.2) is 54.6 Å². The van der Waals surface area contributed by atoms with Crippen LogP contribution in [0.2, 0.25) is 10.0 Å². The lowest BCUT2D eigenvalue weighted by Gasteiger charge is -2.14. The Morgan fingerprint density at radius 1 is 1.16 bits per heavy atom. The smallest absolute Gasteiger partial charge is 0.269 e. The van der Waals surface area contributed by atoms with E-state index in [2.05, 4.69) is 28.7 Å². The van der Waals surface area contributed by atoms with Crippen LogP contribution in [0.3, 0.4) is 0 Å². The molecule has 0 spiro atoms. The topological polar surface area (TPSA) is 85.4 Å². The Kier molecular flexibility index (Phi) is 7.96. The first kappa shape index (κ1) is 23.9. The second-order valence-electron chi connectivity index (χ2n) is 6.55. The number of nitro benzene ring substituents is 1. The third-order valence-corrected chi connectivity index (χ3v) is 5.98. The maximum absolute atomic E-state index is 10.8. The zero-order valence-electron chi connectivity index (χ0n) is 16.6. The second-order valence-corrected chi connectivity index (χ2v) is 8.52. The van der Waals surface area contributed by atoms with E-state index >= 15 is 0 Å². The van der Waals surface area contributed by atoms with Crippen LogP contribution in [0, 0.1) is 25.0 Å². The third-order valence-electron chi connectivity index (χ3n) is 4.44. The van der Waals surface area contributed by atoms with Crippen LogP contribution < -0.4 is 9.47 Å². The summed E-state index contributed by atoms with van der Waals surface area (Å²) in [7, 11) is 1.53. The van der Waals surface area contributed by atoms with Gasteiger partial charge in [-0.25, -0.2) is 0 Å². The lowest BCUT2D eigenvalue weighted by atomic mass is 10.0. The first-order chi connectivity index (χ1) is 15.3. The minimum Gasteiger partial charge on any atom is -0.493 e. The summed E-state index contributed by atoms with van der Waals surface area (Å²) in [5, 5.41) is 21.4. The summed E-state index contributed by atoms with van der Waals surface area (Å²) in [6, 6.07) is 16.9. The van der Waals surface area contributed by atoms with Gasteiger partial charge in [-0.05, 0) is 81.8 Å². The Morgan fingerprint density at radius 2 is 1.88 bits per heavy atom. The predicted octanol–water partition coefficient (Wildman–Crippen LogP) is 7.16. The summed E-state index contributed by atoms with van der Waals surface area (Å²) in [5.41, 5.74) is 2.48. The van der Waals surface area contributed by atoms with Gasteiger partial charge in [-0.15, -0.1) is 0 Å². The average Bonchev–Trinajstić information content (AvgIpc) is 2.78. The molecule has 0 aliphatic rings. The van der Waals surface area contributed by atoms with Crippen LogP contribution in [0.25, 0.3) is 11.6 Å². The van der Waals surface area contributed by atoms with Crippen LogP contribution in [0.1, 0.15) is 16.7 Å². The van der Waals surface area contributed by atoms with Gasteiger partial charge in [0, 0.05) is 12.1 Å². The Hall–Kier alpha value is -2.80. The number of benzene rings is 3. The van der Waals surface area contributed by atoms with Crippen molar-refractivity contribution in [2.75, 3.05) is 7.11 Å². The van der Waals surface area contributed by atoms with Gasteiger partial charge in [-0.1, -0.05) is 29.3 Å². The first-order valence-corrected chi connectivity index (χ1v) is 11.0. The molecule has 0 saturated carbocycles. The molecule has 9 heteroatoms. The molecule has 0 aliphatic heterocycles. The molecule has 0 unspecified atom stereocenters. The minimum absolute atomic E-state index is 0.0364. The van der Waals surface area contributed by atoms with E-state index < -0.39 is 4.92 Å². The molecular formula is C23H15Cl2IN2O4. The molecule has 0 atom stereocenters. The third kappa shape index (κ3) is 5.71. The number of methoxy groups -OCH3 is 1. The van der Waals surface area contributed by atoms with E-state index in [-0.39, 0.29) is 12.3 Å². The van der Waals surface area contributed by atoms with E-state index in [1.807, 2.05) is 12.1 Å². The number of allylic oxidation sites excluding steroid dienone is 1. The Balaban J connectivity index is 1.88. The first-order valence-electron chi connectivity index (χ1n) is 9.13. The van der Waals surface area contributed by atoms with Crippen LogP contribution in [-0.2, 0) is 6.61 Å². The zero-order valence-corrected chi connectivity index (χ0v) is 20.3. The predicted molar refractivity (Wildman–Crippen MR) is 133 cm³/mol. The standard InChI is InChI=1S/C23H15Cl2IN2O4/c1-31-22-11-15(8-17(12-27)16-3-5-18(6-4-16)28(29)30)10-21(26)23(22)32-13-14-2-7-19(24)20(25)9-14/h2-11H,13H2,1H3/b17-8-. The van der Waals surface area contributed by atoms with E-state index in [9.17, 15) is 15.4 Å². The van der Waals surface area contributed by atoms with E-state index in [4.69, 9.17) is 32.7 Å². The summed E-state index contributed by atoms with van der Waals surface area (Å²) >= 11 is 14.2. The molecule has 0 fully saturated rings. The maximum atomic E-state index is 10.8. The molecule has 0 aliphatic carbocycles. The normalized spacial score (nSPS) is 11.0. The zero-order chi connectivity index (χ0) is 23.3. The van der Waals surface area contributed by atoms with Crippen molar-refractivity contribution in [3.05, 3.63) is 95.0 Å². The number of hydrogen-bond donors (Lipinski definition) is 0. The van der Waals surface area contributed by atoms with Crippen LogP contribution in [-0.4, -0.2) is 12.0 Å². The molecule has 3 aromatic carbocycles. The lowest BCUT2D eigenvalue weighted by molar-refractivity contribution is -0.384. The number of halogens is 3. The summed E-state index contributed by atoms with van der Waals surface area (Å²) in [4.78, 5) is 10.4. The van der Waals surface area contributed by atoms with Gasteiger partial charge in [0.25, 0.3) is 5.69 Å².